The zero-order chi connectivity index (χ0) is 56.1. The minimum atomic E-state index is -1.16. The molecule has 1 saturated heterocycles. The van der Waals surface area contributed by atoms with E-state index in [1.54, 1.807) is 18.2 Å². The molecule has 0 amide bonds. The van der Waals surface area contributed by atoms with Crippen LogP contribution in [0.2, 0.25) is 0 Å². The van der Waals surface area contributed by atoms with Gasteiger partial charge in [0.05, 0.1) is 27.8 Å². The summed E-state index contributed by atoms with van der Waals surface area (Å²) in [6, 6.07) is 36.4. The first kappa shape index (κ1) is 72.8. The summed E-state index contributed by atoms with van der Waals surface area (Å²) in [4.78, 5) is 48.0. The molecule has 25 heteroatoms. The van der Waals surface area contributed by atoms with Gasteiger partial charge in [-0.25, -0.2) is 19.2 Å². The van der Waals surface area contributed by atoms with Crippen molar-refractivity contribution in [2.45, 2.75) is 53.6 Å². The molecule has 10 aromatic rings. The Morgan fingerprint density at radius 3 is 1.58 bits per heavy atom. The standard InChI is InChI=1S/C19H15N3O2.C12H11N2.C7H4INO2.C7H5IO3.C7H7NO3.C4H8O.B.Sn.3U/c1-3-22-16-8-11(2)4-6-13(16)14(10-20)18(22)12-5-7-15-17(9-12)24-19(23)21-15;1-3-14-8-10(7-13)11-5-4-9(2)6-12(11)14;8-4-1-2-5-6(3-4)11-7(10)9-5;2*8-4-1-2-5(7(10)11)6(9)3-4;1-2-4-5-3-1;;;;;/h4-9H,3H2,1-2H3,(H,21,23);4-6H,3H2,1-2H3;1-3H,(H,9,10);1-3,9H,(H,10,11);1-3,9H,8H2,(H,10,11);1-4H2;;;;;. The molecule has 0 spiro atoms. The molecule has 408 valence electrons. The van der Waals surface area contributed by atoms with Crippen molar-refractivity contribution in [3.63, 3.8) is 0 Å². The number of oxazole rings is 2. The van der Waals surface area contributed by atoms with E-state index in [9.17, 15) is 24.4 Å². The summed E-state index contributed by atoms with van der Waals surface area (Å²) < 4.78 is 22.3. The number of H-pyrrole nitrogens is 2. The molecule has 18 nitrogen and oxygen atoms in total. The number of aromatic amines is 2. The quantitative estimate of drug-likeness (QED) is 0.0479. The molecule has 6 radical (unpaired) electrons. The average molecular weight is 2090 g/mol. The van der Waals surface area contributed by atoms with Crippen LogP contribution in [0.4, 0.5) is 5.69 Å². The molecular weight excluding hydrogens is 2040 g/mol. The number of halogens is 2. The molecule has 6 aromatic carbocycles. The van der Waals surface area contributed by atoms with Crippen LogP contribution in [0.15, 0.2) is 128 Å². The Morgan fingerprint density at radius 1 is 0.654 bits per heavy atom. The van der Waals surface area contributed by atoms with Gasteiger partial charge in [-0.3, -0.25) is 9.97 Å². The van der Waals surface area contributed by atoms with E-state index in [4.69, 9.17) is 45.0 Å². The molecule has 4 aromatic heterocycles. The third kappa shape index (κ3) is 19.1. The van der Waals surface area contributed by atoms with Crippen molar-refractivity contribution in [2.24, 2.45) is 0 Å². The largest absolute Gasteiger partial charge is 0.507 e. The van der Waals surface area contributed by atoms with E-state index in [2.05, 4.69) is 98.9 Å². The van der Waals surface area contributed by atoms with E-state index in [0.29, 0.717) is 27.9 Å². The number of hydrogen-bond donors (Lipinski definition) is 7. The maximum absolute atomic E-state index is 11.4. The Kier molecular flexibility index (Phi) is 31.0. The van der Waals surface area contributed by atoms with Crippen LogP contribution >= 0.6 is 45.2 Å². The predicted molar refractivity (Wildman–Crippen MR) is 318 cm³/mol. The van der Waals surface area contributed by atoms with Crippen LogP contribution in [0.25, 0.3) is 55.3 Å². The monoisotopic (exact) mass is 2100 g/mol. The second kappa shape index (κ2) is 34.5. The number of anilines is 1. The number of aromatic carboxylic acids is 2. The van der Waals surface area contributed by atoms with Crippen LogP contribution in [-0.2, 0) is 17.8 Å². The zero-order valence-electron chi connectivity index (χ0n) is 44.0. The summed E-state index contributed by atoms with van der Waals surface area (Å²) in [6.45, 7) is 12.0. The topological polar surface area (TPSA) is 300 Å². The maximum Gasteiger partial charge on any atom is 0.417 e. The number of rotatable bonds is 5. The molecule has 0 saturated carbocycles. The van der Waals surface area contributed by atoms with Gasteiger partial charge in [-0.05, 0) is 144 Å². The number of hydrogen-bond acceptors (Lipinski definition) is 12. The van der Waals surface area contributed by atoms with Gasteiger partial charge in [0.15, 0.2) is 11.2 Å². The summed E-state index contributed by atoms with van der Waals surface area (Å²) in [5, 5.41) is 55.9. The van der Waals surface area contributed by atoms with Crippen molar-refractivity contribution >= 4 is 141 Å². The van der Waals surface area contributed by atoms with Gasteiger partial charge in [0.2, 0.25) is 0 Å². The van der Waals surface area contributed by atoms with Crippen molar-refractivity contribution in [1.29, 1.82) is 10.5 Å². The number of ether oxygens (including phenoxy) is 1. The first-order valence-corrected chi connectivity index (χ1v) is 27.2. The fourth-order valence-electron chi connectivity index (χ4n) is 8.04. The number of nitriles is 2. The minimum absolute atomic E-state index is 0. The molecule has 8 N–H and O–H groups in total. The molecule has 5 heterocycles. The number of aromatic nitrogens is 4. The summed E-state index contributed by atoms with van der Waals surface area (Å²) in [6.07, 6.45) is 2.56. The number of benzene rings is 6. The number of carbonyl (C=O) groups is 2. The molecule has 1 aliphatic heterocycles. The van der Waals surface area contributed by atoms with E-state index >= 15 is 0 Å². The van der Waals surface area contributed by atoms with Gasteiger partial charge in [-0.2, -0.15) is 5.26 Å². The molecule has 1 fully saturated rings. The summed E-state index contributed by atoms with van der Waals surface area (Å²) in [7, 11) is 0. The predicted octanol–water partition coefficient (Wildman–Crippen LogP) is 10.1. The van der Waals surface area contributed by atoms with Gasteiger partial charge >= 0.3 is 126 Å². The van der Waals surface area contributed by atoms with Gasteiger partial charge in [0.25, 0.3) is 0 Å². The molecule has 1 aliphatic rings. The number of nitrogens with one attached hydrogen (secondary N) is 2. The fourth-order valence-corrected chi connectivity index (χ4v) is 10.3. The van der Waals surface area contributed by atoms with Crippen LogP contribution in [0.1, 0.15) is 69.7 Å². The Balaban J connectivity index is 0.000000346. The van der Waals surface area contributed by atoms with Crippen LogP contribution < -0.4 is 21.0 Å². The smallest absolute Gasteiger partial charge is 0.417 e. The Bertz CT molecular complexity index is 3940. The Hall–Kier alpha value is -4.30. The van der Waals surface area contributed by atoms with Crippen LogP contribution in [0.5, 0.6) is 11.5 Å². The molecule has 0 aliphatic carbocycles. The molecule has 0 atom stereocenters. The number of phenols is 2. The normalized spacial score (nSPS) is 10.8. The van der Waals surface area contributed by atoms with E-state index in [0.717, 1.165) is 81.3 Å². The Labute approximate surface area is 578 Å². The summed E-state index contributed by atoms with van der Waals surface area (Å²) in [5.41, 5.74) is 15.8. The fraction of sp³-hybridized carbons (Fsp3) is 0.179. The number of nitrogens with zero attached hydrogens (tertiary/aromatic N) is 4. The summed E-state index contributed by atoms with van der Waals surface area (Å²) >= 11 is 5.46. The van der Waals surface area contributed by atoms with Crippen molar-refractivity contribution in [3.8, 4) is 34.9 Å². The number of aryl methyl sites for hydroxylation is 4. The van der Waals surface area contributed by atoms with E-state index in [1.165, 1.54) is 76.8 Å². The van der Waals surface area contributed by atoms with Crippen LogP contribution in [-0.4, -0.2) is 95.6 Å². The number of nitrogen functional groups attached to an aromatic ring is 1. The van der Waals surface area contributed by atoms with Gasteiger partial charge in [-0.15, -0.1) is 0 Å². The maximum atomic E-state index is 11.4. The third-order valence-corrected chi connectivity index (χ3v) is 14.5. The number of aromatic hydroxyl groups is 2. The molecule has 0 bridgehead atoms. The SMILES string of the molecule is C1CCOC1.CCn1[c]([Sn])c(C#N)c2ccc(C)cc21.CCn1c(-c2ccc3[nH]c(=O)oc3c2)c(C#N)c2ccc(C)cc21.Nc1ccc(C(=O)O)c(O)c1.O=C(O)c1ccc(I)cc1O.O=c1[nH]c2ccc(I)cc2o1.[B].[U].[U].[U]. The average Bonchev–Trinajstić information content (AvgIpc) is 4.24. The van der Waals surface area contributed by atoms with Gasteiger partial charge in [0, 0.05) is 151 Å². The number of fused-ring (bicyclic) bond motifs is 4. The van der Waals surface area contributed by atoms with Crippen LogP contribution in [0.3, 0.4) is 0 Å². The first-order valence-electron chi connectivity index (χ1n) is 23.6. The molecule has 81 heavy (non-hydrogen) atoms. The molecule has 11 rings (SSSR count). The van der Waals surface area contributed by atoms with Gasteiger partial charge in [0.1, 0.15) is 28.7 Å². The number of carboxylic acid groups (broad SMARTS) is 2. The second-order valence-corrected chi connectivity index (χ2v) is 20.8. The minimum Gasteiger partial charge on any atom is -0.507 e. The van der Waals surface area contributed by atoms with Crippen molar-refractivity contribution in [2.75, 3.05) is 18.9 Å². The third-order valence-electron chi connectivity index (χ3n) is 11.6. The van der Waals surface area contributed by atoms with E-state index < -0.39 is 23.5 Å². The number of carboxylic acids is 2. The van der Waals surface area contributed by atoms with Crippen molar-refractivity contribution in [3.05, 3.63) is 171 Å². The van der Waals surface area contributed by atoms with Gasteiger partial charge in [-0.1, -0.05) is 18.2 Å². The first-order chi connectivity index (χ1) is 36.8. The number of nitrogens with two attached hydrogens (primary N) is 1. The molecular formula is C56H50BI2N7O11SnU3. The summed E-state index contributed by atoms with van der Waals surface area (Å²) in [5.74, 6) is -3.65. The van der Waals surface area contributed by atoms with Gasteiger partial charge < -0.3 is 44.3 Å². The van der Waals surface area contributed by atoms with E-state index in [1.807, 2.05) is 65.9 Å². The van der Waals surface area contributed by atoms with E-state index in [-0.39, 0.29) is 124 Å². The molecule has 0 unspecified atom stereocenters. The van der Waals surface area contributed by atoms with Crippen molar-refractivity contribution in [1.82, 2.24) is 19.1 Å². The Morgan fingerprint density at radius 2 is 1.11 bits per heavy atom. The second-order valence-electron chi connectivity index (χ2n) is 16.9. The zero-order valence-corrected chi connectivity index (χ0v) is 63.6. The van der Waals surface area contributed by atoms with Crippen LogP contribution in [0, 0.1) is 137 Å². The van der Waals surface area contributed by atoms with Crippen molar-refractivity contribution < 1.29 is 137 Å².